The van der Waals surface area contributed by atoms with E-state index in [2.05, 4.69) is 21.7 Å². The number of anilines is 1. The van der Waals surface area contributed by atoms with E-state index < -0.39 is 0 Å². The van der Waals surface area contributed by atoms with Crippen LogP contribution >= 0.6 is 0 Å². The van der Waals surface area contributed by atoms with Gasteiger partial charge in [-0.15, -0.1) is 5.10 Å². The summed E-state index contributed by atoms with van der Waals surface area (Å²) >= 11 is 0. The van der Waals surface area contributed by atoms with Crippen LogP contribution in [-0.2, 0) is 11.3 Å². The van der Waals surface area contributed by atoms with E-state index in [-0.39, 0.29) is 24.1 Å². The molecule has 1 fully saturated rings. The van der Waals surface area contributed by atoms with Gasteiger partial charge in [0.25, 0.3) is 5.91 Å². The van der Waals surface area contributed by atoms with Crippen LogP contribution in [0.2, 0.25) is 0 Å². The van der Waals surface area contributed by atoms with Gasteiger partial charge in [-0.1, -0.05) is 35.5 Å². The fourth-order valence-electron chi connectivity index (χ4n) is 3.44. The summed E-state index contributed by atoms with van der Waals surface area (Å²) < 4.78 is 1.42. The van der Waals surface area contributed by atoms with Gasteiger partial charge < -0.3 is 10.2 Å². The highest BCUT2D eigenvalue weighted by molar-refractivity contribution is 6.08. The number of carbonyl (C=O) groups is 2. The first-order valence-electron chi connectivity index (χ1n) is 9.09. The number of nitrogens with zero attached hydrogens (tertiary/aromatic N) is 4. The van der Waals surface area contributed by atoms with Crippen molar-refractivity contribution in [3.63, 3.8) is 0 Å². The molecule has 2 heterocycles. The summed E-state index contributed by atoms with van der Waals surface area (Å²) in [5.41, 5.74) is 1.98. The van der Waals surface area contributed by atoms with Crippen molar-refractivity contribution in [1.82, 2.24) is 19.9 Å². The molecule has 27 heavy (non-hydrogen) atoms. The molecule has 0 aliphatic carbocycles. The molecule has 1 aromatic heterocycles. The van der Waals surface area contributed by atoms with Crippen molar-refractivity contribution in [2.24, 2.45) is 0 Å². The Hall–Kier alpha value is -3.22. The molecule has 2 amide bonds. The molecule has 1 saturated heterocycles. The van der Waals surface area contributed by atoms with Gasteiger partial charge in [0.15, 0.2) is 5.69 Å². The highest BCUT2D eigenvalue weighted by Crippen LogP contribution is 2.25. The van der Waals surface area contributed by atoms with Crippen molar-refractivity contribution < 1.29 is 9.59 Å². The molecule has 0 atom stereocenters. The van der Waals surface area contributed by atoms with Crippen molar-refractivity contribution in [2.45, 2.75) is 26.3 Å². The lowest BCUT2D eigenvalue weighted by Crippen LogP contribution is -2.31. The molecule has 0 saturated carbocycles. The second-order valence-electron chi connectivity index (χ2n) is 6.88. The van der Waals surface area contributed by atoms with Crippen LogP contribution in [0.25, 0.3) is 10.8 Å². The van der Waals surface area contributed by atoms with Crippen LogP contribution in [0.4, 0.5) is 5.69 Å². The molecule has 138 valence electrons. The highest BCUT2D eigenvalue weighted by atomic mass is 16.2. The van der Waals surface area contributed by atoms with Gasteiger partial charge in [0.05, 0.1) is 6.20 Å². The van der Waals surface area contributed by atoms with E-state index in [1.165, 1.54) is 10.9 Å². The molecule has 0 spiro atoms. The van der Waals surface area contributed by atoms with Crippen LogP contribution in [0.5, 0.6) is 0 Å². The Labute approximate surface area is 157 Å². The van der Waals surface area contributed by atoms with Gasteiger partial charge >= 0.3 is 0 Å². The number of aromatic nitrogens is 3. The Balaban J connectivity index is 1.49. The molecule has 4 rings (SSSR count). The molecular formula is C20H21N5O2. The van der Waals surface area contributed by atoms with Gasteiger partial charge in [0.1, 0.15) is 6.54 Å². The Bertz CT molecular complexity index is 1000. The maximum Gasteiger partial charge on any atom is 0.277 e. The van der Waals surface area contributed by atoms with Crippen molar-refractivity contribution >= 4 is 28.3 Å². The monoisotopic (exact) mass is 363 g/mol. The number of hydrogen-bond donors (Lipinski definition) is 1. The van der Waals surface area contributed by atoms with Crippen molar-refractivity contribution in [3.8, 4) is 0 Å². The molecule has 1 aliphatic rings. The third-order valence-electron chi connectivity index (χ3n) is 4.78. The van der Waals surface area contributed by atoms with Gasteiger partial charge in [0, 0.05) is 24.2 Å². The van der Waals surface area contributed by atoms with E-state index >= 15 is 0 Å². The summed E-state index contributed by atoms with van der Waals surface area (Å²) in [6.45, 7) is 3.68. The third kappa shape index (κ3) is 3.67. The second kappa shape index (κ2) is 7.19. The molecule has 0 radical (unpaired) electrons. The van der Waals surface area contributed by atoms with Crippen LogP contribution in [0, 0.1) is 6.92 Å². The lowest BCUT2D eigenvalue weighted by atomic mass is 10.1. The fraction of sp³-hybridized carbons (Fsp3) is 0.300. The summed E-state index contributed by atoms with van der Waals surface area (Å²) in [5.74, 6) is -0.334. The van der Waals surface area contributed by atoms with Crippen LogP contribution in [0.15, 0.2) is 42.6 Å². The summed E-state index contributed by atoms with van der Waals surface area (Å²) in [4.78, 5) is 26.6. The molecule has 7 heteroatoms. The zero-order valence-corrected chi connectivity index (χ0v) is 15.2. The van der Waals surface area contributed by atoms with E-state index in [0.29, 0.717) is 0 Å². The highest BCUT2D eigenvalue weighted by Gasteiger charge is 2.19. The minimum Gasteiger partial charge on any atom is -0.341 e. The molecule has 3 aromatic rings. The minimum atomic E-state index is -0.342. The lowest BCUT2D eigenvalue weighted by Gasteiger charge is -2.14. The molecular weight excluding hydrogens is 342 g/mol. The van der Waals surface area contributed by atoms with Gasteiger partial charge in [0.2, 0.25) is 5.91 Å². The summed E-state index contributed by atoms with van der Waals surface area (Å²) in [7, 11) is 0. The maximum atomic E-state index is 12.6. The number of amides is 2. The largest absolute Gasteiger partial charge is 0.341 e. The van der Waals surface area contributed by atoms with Gasteiger partial charge in [-0.25, -0.2) is 4.68 Å². The normalized spacial score (nSPS) is 13.9. The number of fused-ring (bicyclic) bond motifs is 1. The van der Waals surface area contributed by atoms with Crippen molar-refractivity contribution in [1.29, 1.82) is 0 Å². The molecule has 2 aromatic carbocycles. The van der Waals surface area contributed by atoms with Crippen molar-refractivity contribution in [3.05, 3.63) is 53.9 Å². The number of rotatable bonds is 4. The number of carbonyl (C=O) groups excluding carboxylic acids is 2. The van der Waals surface area contributed by atoms with E-state index in [0.717, 1.165) is 48.0 Å². The van der Waals surface area contributed by atoms with Crippen molar-refractivity contribution in [2.75, 3.05) is 18.4 Å². The van der Waals surface area contributed by atoms with Crippen LogP contribution in [0.1, 0.15) is 28.9 Å². The van der Waals surface area contributed by atoms with E-state index in [9.17, 15) is 9.59 Å². The molecule has 7 nitrogen and oxygen atoms in total. The van der Waals surface area contributed by atoms with Crippen LogP contribution < -0.4 is 5.32 Å². The quantitative estimate of drug-likeness (QED) is 0.773. The Morgan fingerprint density at radius 1 is 1.15 bits per heavy atom. The number of likely N-dealkylation sites (tertiary alicyclic amines) is 1. The Kier molecular flexibility index (Phi) is 4.58. The smallest absolute Gasteiger partial charge is 0.277 e. The number of hydrogen-bond acceptors (Lipinski definition) is 4. The fourth-order valence-corrected chi connectivity index (χ4v) is 3.44. The lowest BCUT2D eigenvalue weighted by molar-refractivity contribution is -0.130. The van der Waals surface area contributed by atoms with Gasteiger partial charge in [-0.3, -0.25) is 9.59 Å². The average molecular weight is 363 g/mol. The average Bonchev–Trinajstić information content (AvgIpc) is 3.33. The molecule has 0 unspecified atom stereocenters. The predicted octanol–water partition coefficient (Wildman–Crippen LogP) is 2.61. The van der Waals surface area contributed by atoms with E-state index in [1.54, 1.807) is 0 Å². The van der Waals surface area contributed by atoms with E-state index in [4.69, 9.17) is 0 Å². The summed E-state index contributed by atoms with van der Waals surface area (Å²) in [5, 5.41) is 12.8. The SMILES string of the molecule is Cc1cc(NC(=O)c2cn(CC(=O)N3CCCC3)nn2)c2ccccc2c1. The first-order chi connectivity index (χ1) is 13.1. The van der Waals surface area contributed by atoms with E-state index in [1.807, 2.05) is 42.2 Å². The summed E-state index contributed by atoms with van der Waals surface area (Å²) in [6, 6.07) is 11.9. The zero-order chi connectivity index (χ0) is 18.8. The molecule has 1 N–H and O–H groups in total. The van der Waals surface area contributed by atoms with Gasteiger partial charge in [-0.2, -0.15) is 0 Å². The third-order valence-corrected chi connectivity index (χ3v) is 4.78. The number of aryl methyl sites for hydroxylation is 1. The number of nitrogens with one attached hydrogen (secondary N) is 1. The standard InChI is InChI=1S/C20H21N5O2/c1-14-10-15-6-2-3-7-16(15)17(11-14)21-20(27)18-12-25(23-22-18)13-19(26)24-8-4-5-9-24/h2-3,6-7,10-12H,4-5,8-9,13H2,1H3,(H,21,27). The van der Waals surface area contributed by atoms with Crippen LogP contribution in [0.3, 0.4) is 0 Å². The Morgan fingerprint density at radius 2 is 1.93 bits per heavy atom. The zero-order valence-electron chi connectivity index (χ0n) is 15.2. The first-order valence-corrected chi connectivity index (χ1v) is 9.09. The molecule has 1 aliphatic heterocycles. The minimum absolute atomic E-state index is 0.00837. The number of benzene rings is 2. The topological polar surface area (TPSA) is 80.1 Å². The van der Waals surface area contributed by atoms with Gasteiger partial charge in [-0.05, 0) is 36.8 Å². The first kappa shape index (κ1) is 17.2. The summed E-state index contributed by atoms with van der Waals surface area (Å²) in [6.07, 6.45) is 3.60. The second-order valence-corrected chi connectivity index (χ2v) is 6.88. The predicted molar refractivity (Wildman–Crippen MR) is 102 cm³/mol. The van der Waals surface area contributed by atoms with Crippen LogP contribution in [-0.4, -0.2) is 44.8 Å². The molecule has 0 bridgehead atoms. The Morgan fingerprint density at radius 3 is 2.74 bits per heavy atom. The maximum absolute atomic E-state index is 12.6.